The second-order valence-electron chi connectivity index (χ2n) is 2.86. The molecule has 0 saturated carbocycles. The number of anilines is 1. The molecule has 0 aliphatic carbocycles. The van der Waals surface area contributed by atoms with Gasteiger partial charge in [-0.2, -0.15) is 5.26 Å². The lowest BCUT2D eigenvalue weighted by Crippen LogP contribution is -2.10. The summed E-state index contributed by atoms with van der Waals surface area (Å²) in [6.45, 7) is 0.627. The van der Waals surface area contributed by atoms with Gasteiger partial charge in [-0.15, -0.1) is 0 Å². The van der Waals surface area contributed by atoms with Crippen LogP contribution in [0.1, 0.15) is 5.56 Å². The van der Waals surface area contributed by atoms with Gasteiger partial charge in [-0.1, -0.05) is 12.1 Å². The maximum Gasteiger partial charge on any atom is 0.101 e. The molecular weight excluding hydrogens is 196 g/mol. The van der Waals surface area contributed by atoms with Crippen LogP contribution in [0.2, 0.25) is 0 Å². The van der Waals surface area contributed by atoms with Crippen LogP contribution in [-0.4, -0.2) is 22.8 Å². The molecule has 0 aliphatic heterocycles. The third kappa shape index (κ3) is 3.19. The van der Waals surface area contributed by atoms with Crippen LogP contribution in [-0.2, 0) is 10.8 Å². The van der Waals surface area contributed by atoms with E-state index in [-0.39, 0.29) is 0 Å². The third-order valence-electron chi connectivity index (χ3n) is 1.75. The highest BCUT2D eigenvalue weighted by atomic mass is 32.2. The standard InChI is InChI=1S/C10H12N2OS/c1-14(13)7-6-12-10-5-3-2-4-9(10)8-11/h2-5,12H,6-7H2,1H3. The van der Waals surface area contributed by atoms with Crippen molar-refractivity contribution in [2.75, 3.05) is 23.9 Å². The highest BCUT2D eigenvalue weighted by molar-refractivity contribution is 7.84. The van der Waals surface area contributed by atoms with E-state index in [4.69, 9.17) is 5.26 Å². The summed E-state index contributed by atoms with van der Waals surface area (Å²) in [6.07, 6.45) is 1.66. The lowest BCUT2D eigenvalue weighted by atomic mass is 10.2. The fraction of sp³-hybridized carbons (Fsp3) is 0.300. The highest BCUT2D eigenvalue weighted by Crippen LogP contribution is 2.12. The molecule has 0 fully saturated rings. The van der Waals surface area contributed by atoms with E-state index in [1.807, 2.05) is 18.2 Å². The molecule has 0 radical (unpaired) electrons. The quantitative estimate of drug-likeness (QED) is 0.812. The van der Waals surface area contributed by atoms with Crippen LogP contribution in [0.4, 0.5) is 5.69 Å². The van der Waals surface area contributed by atoms with Gasteiger partial charge in [0.15, 0.2) is 0 Å². The predicted octanol–water partition coefficient (Wildman–Crippen LogP) is 1.35. The molecule has 0 amide bonds. The second-order valence-corrected chi connectivity index (χ2v) is 4.42. The van der Waals surface area contributed by atoms with Gasteiger partial charge in [-0.05, 0) is 12.1 Å². The number of benzene rings is 1. The van der Waals surface area contributed by atoms with Crippen LogP contribution >= 0.6 is 0 Å². The van der Waals surface area contributed by atoms with E-state index in [1.165, 1.54) is 0 Å². The molecule has 0 spiro atoms. The Morgan fingerprint density at radius 2 is 2.21 bits per heavy atom. The van der Waals surface area contributed by atoms with Crippen molar-refractivity contribution in [3.8, 4) is 6.07 Å². The van der Waals surface area contributed by atoms with Gasteiger partial charge < -0.3 is 5.32 Å². The first-order chi connectivity index (χ1) is 6.74. The van der Waals surface area contributed by atoms with Gasteiger partial charge in [0.2, 0.25) is 0 Å². The molecule has 0 saturated heterocycles. The normalized spacial score (nSPS) is 11.7. The SMILES string of the molecule is CS(=O)CCNc1ccccc1C#N. The van der Waals surface area contributed by atoms with Gasteiger partial charge in [0, 0.05) is 29.4 Å². The molecule has 1 atom stereocenters. The Bertz CT molecular complexity index is 371. The lowest BCUT2D eigenvalue weighted by molar-refractivity contribution is 0.687. The minimum atomic E-state index is -0.793. The first-order valence-electron chi connectivity index (χ1n) is 4.27. The van der Waals surface area contributed by atoms with Crippen molar-refractivity contribution in [2.45, 2.75) is 0 Å². The van der Waals surface area contributed by atoms with E-state index in [9.17, 15) is 4.21 Å². The maximum atomic E-state index is 10.8. The summed E-state index contributed by atoms with van der Waals surface area (Å²) >= 11 is 0. The lowest BCUT2D eigenvalue weighted by Gasteiger charge is -2.06. The molecule has 74 valence electrons. The summed E-state index contributed by atoms with van der Waals surface area (Å²) in [5, 5.41) is 11.9. The molecule has 0 aliphatic rings. The third-order valence-corrected chi connectivity index (χ3v) is 2.53. The van der Waals surface area contributed by atoms with Crippen molar-refractivity contribution in [2.24, 2.45) is 0 Å². The van der Waals surface area contributed by atoms with E-state index in [2.05, 4.69) is 11.4 Å². The fourth-order valence-corrected chi connectivity index (χ4v) is 1.45. The van der Waals surface area contributed by atoms with Gasteiger partial charge in [0.1, 0.15) is 6.07 Å². The minimum absolute atomic E-state index is 0.597. The van der Waals surface area contributed by atoms with E-state index < -0.39 is 10.8 Å². The Labute approximate surface area is 86.2 Å². The second kappa shape index (κ2) is 5.40. The van der Waals surface area contributed by atoms with Crippen molar-refractivity contribution in [3.63, 3.8) is 0 Å². The zero-order chi connectivity index (χ0) is 10.4. The molecule has 3 nitrogen and oxygen atoms in total. The Balaban J connectivity index is 2.59. The predicted molar refractivity (Wildman–Crippen MR) is 58.6 cm³/mol. The zero-order valence-electron chi connectivity index (χ0n) is 7.99. The number of hydrogen-bond donors (Lipinski definition) is 1. The van der Waals surface area contributed by atoms with Crippen LogP contribution < -0.4 is 5.32 Å². The summed E-state index contributed by atoms with van der Waals surface area (Å²) < 4.78 is 10.8. The summed E-state index contributed by atoms with van der Waals surface area (Å²) in [4.78, 5) is 0. The molecule has 1 unspecified atom stereocenters. The van der Waals surface area contributed by atoms with Crippen molar-refractivity contribution in [1.82, 2.24) is 0 Å². The Kier molecular flexibility index (Phi) is 4.14. The van der Waals surface area contributed by atoms with Crippen LogP contribution in [0.25, 0.3) is 0 Å². The zero-order valence-corrected chi connectivity index (χ0v) is 8.80. The summed E-state index contributed by atoms with van der Waals surface area (Å²) in [7, 11) is -0.793. The van der Waals surface area contributed by atoms with Crippen LogP contribution in [0.3, 0.4) is 0 Å². The van der Waals surface area contributed by atoms with E-state index in [0.29, 0.717) is 17.9 Å². The topological polar surface area (TPSA) is 52.9 Å². The van der Waals surface area contributed by atoms with E-state index >= 15 is 0 Å². The summed E-state index contributed by atoms with van der Waals surface area (Å²) in [5.74, 6) is 0.597. The van der Waals surface area contributed by atoms with E-state index in [0.717, 1.165) is 5.69 Å². The van der Waals surface area contributed by atoms with Crippen molar-refractivity contribution in [3.05, 3.63) is 29.8 Å². The largest absolute Gasteiger partial charge is 0.383 e. The summed E-state index contributed by atoms with van der Waals surface area (Å²) in [6, 6.07) is 9.38. The molecular formula is C10H12N2OS. The van der Waals surface area contributed by atoms with Gasteiger partial charge in [-0.3, -0.25) is 4.21 Å². The van der Waals surface area contributed by atoms with E-state index in [1.54, 1.807) is 12.3 Å². The molecule has 0 heterocycles. The monoisotopic (exact) mass is 208 g/mol. The van der Waals surface area contributed by atoms with Crippen LogP contribution in [0, 0.1) is 11.3 Å². The molecule has 14 heavy (non-hydrogen) atoms. The minimum Gasteiger partial charge on any atom is -0.383 e. The van der Waals surface area contributed by atoms with Crippen LogP contribution in [0.5, 0.6) is 0 Å². The molecule has 1 rings (SSSR count). The van der Waals surface area contributed by atoms with Crippen LogP contribution in [0.15, 0.2) is 24.3 Å². The average molecular weight is 208 g/mol. The maximum absolute atomic E-state index is 10.8. The number of nitrogens with one attached hydrogen (secondary N) is 1. The van der Waals surface area contributed by atoms with Crippen molar-refractivity contribution >= 4 is 16.5 Å². The summed E-state index contributed by atoms with van der Waals surface area (Å²) in [5.41, 5.74) is 1.43. The Morgan fingerprint density at radius 3 is 2.86 bits per heavy atom. The first-order valence-corrected chi connectivity index (χ1v) is 6.00. The number of nitriles is 1. The number of nitrogens with zero attached hydrogens (tertiary/aromatic N) is 1. The van der Waals surface area contributed by atoms with Gasteiger partial charge in [0.25, 0.3) is 0 Å². The van der Waals surface area contributed by atoms with Gasteiger partial charge in [0.05, 0.1) is 11.3 Å². The molecule has 4 heteroatoms. The van der Waals surface area contributed by atoms with Crippen molar-refractivity contribution < 1.29 is 4.21 Å². The average Bonchev–Trinajstić information content (AvgIpc) is 2.18. The molecule has 1 aromatic carbocycles. The Morgan fingerprint density at radius 1 is 1.50 bits per heavy atom. The molecule has 1 aromatic rings. The number of rotatable bonds is 4. The highest BCUT2D eigenvalue weighted by Gasteiger charge is 1.99. The smallest absolute Gasteiger partial charge is 0.101 e. The fourth-order valence-electron chi connectivity index (χ4n) is 1.06. The van der Waals surface area contributed by atoms with Gasteiger partial charge >= 0.3 is 0 Å². The molecule has 1 N–H and O–H groups in total. The van der Waals surface area contributed by atoms with Gasteiger partial charge in [-0.25, -0.2) is 0 Å². The molecule has 0 aromatic heterocycles. The first kappa shape index (κ1) is 10.7. The van der Waals surface area contributed by atoms with Crippen molar-refractivity contribution in [1.29, 1.82) is 5.26 Å². The number of para-hydroxylation sites is 1. The molecule has 0 bridgehead atoms. The Hall–Kier alpha value is -1.34. The number of hydrogen-bond acceptors (Lipinski definition) is 3.